The number of aryl methyl sites for hydroxylation is 2. The summed E-state index contributed by atoms with van der Waals surface area (Å²) in [5, 5.41) is 3.72. The molecule has 1 aliphatic heterocycles. The Morgan fingerprint density at radius 2 is 1.93 bits per heavy atom. The van der Waals surface area contributed by atoms with Gasteiger partial charge < -0.3 is 10.2 Å². The molecule has 2 aromatic carbocycles. The van der Waals surface area contributed by atoms with E-state index in [2.05, 4.69) is 16.3 Å². The molecule has 2 aromatic rings. The Kier molecular flexibility index (Phi) is 6.23. The first-order valence-corrected chi connectivity index (χ1v) is 10.5. The van der Waals surface area contributed by atoms with Crippen LogP contribution in [0.15, 0.2) is 24.3 Å². The highest BCUT2D eigenvalue weighted by molar-refractivity contribution is 6.34. The fourth-order valence-corrected chi connectivity index (χ4v) is 4.23. The first-order valence-electron chi connectivity index (χ1n) is 10.2. The zero-order valence-electron chi connectivity index (χ0n) is 18.0. The zero-order valence-corrected chi connectivity index (χ0v) is 18.7. The molecule has 29 heavy (non-hydrogen) atoms. The number of carbonyl (C=O) groups excluding carboxylic acids is 1. The number of carbonyl (C=O) groups is 1. The van der Waals surface area contributed by atoms with Crippen LogP contribution in [0.3, 0.4) is 0 Å². The molecule has 0 unspecified atom stereocenters. The van der Waals surface area contributed by atoms with Gasteiger partial charge in [-0.2, -0.15) is 0 Å². The number of benzene rings is 2. The van der Waals surface area contributed by atoms with Crippen molar-refractivity contribution in [1.82, 2.24) is 0 Å². The molecule has 0 saturated heterocycles. The number of rotatable bonds is 3. The summed E-state index contributed by atoms with van der Waals surface area (Å²) in [5.41, 5.74) is 5.77. The van der Waals surface area contributed by atoms with Gasteiger partial charge in [-0.1, -0.05) is 38.4 Å². The van der Waals surface area contributed by atoms with Crippen LogP contribution in [0.2, 0.25) is 5.02 Å². The standard InChI is InChI=1S/C24H30ClFN2O/c1-15-11-20(22(25)16(2)23(15)27-21(29)13-24(3,4)5)28-10-6-7-17-12-19(26)9-8-18(17)14-28/h8-9,11-12H,6-7,10,13-14H2,1-5H3,(H,27,29). The molecule has 0 radical (unpaired) electrons. The average Bonchev–Trinajstić information content (AvgIpc) is 2.82. The predicted molar refractivity (Wildman–Crippen MR) is 119 cm³/mol. The number of hydrogen-bond acceptors (Lipinski definition) is 2. The Morgan fingerprint density at radius 1 is 1.21 bits per heavy atom. The maximum absolute atomic E-state index is 13.6. The average molecular weight is 417 g/mol. The first-order chi connectivity index (χ1) is 13.5. The number of fused-ring (bicyclic) bond motifs is 1. The van der Waals surface area contributed by atoms with Gasteiger partial charge in [0.2, 0.25) is 5.91 Å². The monoisotopic (exact) mass is 416 g/mol. The van der Waals surface area contributed by atoms with Crippen molar-refractivity contribution in [3.05, 3.63) is 57.4 Å². The number of nitrogens with one attached hydrogen (secondary N) is 1. The van der Waals surface area contributed by atoms with E-state index in [1.807, 2.05) is 40.7 Å². The van der Waals surface area contributed by atoms with E-state index in [1.165, 1.54) is 6.07 Å². The molecule has 156 valence electrons. The number of halogens is 2. The summed E-state index contributed by atoms with van der Waals surface area (Å²) in [4.78, 5) is 14.7. The van der Waals surface area contributed by atoms with Gasteiger partial charge in [0.25, 0.3) is 0 Å². The van der Waals surface area contributed by atoms with E-state index in [0.29, 0.717) is 18.0 Å². The third-order valence-electron chi connectivity index (χ3n) is 5.38. The van der Waals surface area contributed by atoms with Crippen molar-refractivity contribution >= 4 is 28.9 Å². The van der Waals surface area contributed by atoms with Crippen molar-refractivity contribution in [1.29, 1.82) is 0 Å². The summed E-state index contributed by atoms with van der Waals surface area (Å²) in [6.07, 6.45) is 2.25. The molecule has 1 amide bonds. The second kappa shape index (κ2) is 8.35. The topological polar surface area (TPSA) is 32.3 Å². The Labute approximate surface area is 178 Å². The number of anilines is 2. The molecule has 3 rings (SSSR count). The summed E-state index contributed by atoms with van der Waals surface area (Å²) in [5.74, 6) is -0.185. The Morgan fingerprint density at radius 3 is 2.62 bits per heavy atom. The van der Waals surface area contributed by atoms with Crippen LogP contribution in [0.5, 0.6) is 0 Å². The van der Waals surface area contributed by atoms with Crippen LogP contribution in [0.1, 0.15) is 55.9 Å². The van der Waals surface area contributed by atoms with Crippen LogP contribution in [0.25, 0.3) is 0 Å². The lowest BCUT2D eigenvalue weighted by molar-refractivity contribution is -0.117. The van der Waals surface area contributed by atoms with Crippen molar-refractivity contribution in [2.75, 3.05) is 16.8 Å². The SMILES string of the molecule is Cc1cc(N2CCCc3cc(F)ccc3C2)c(Cl)c(C)c1NC(=O)CC(C)(C)C. The van der Waals surface area contributed by atoms with Gasteiger partial charge in [0, 0.05) is 25.2 Å². The molecule has 0 saturated carbocycles. The Bertz CT molecular complexity index is 933. The van der Waals surface area contributed by atoms with Gasteiger partial charge in [-0.3, -0.25) is 4.79 Å². The van der Waals surface area contributed by atoms with E-state index in [0.717, 1.165) is 53.0 Å². The summed E-state index contributed by atoms with van der Waals surface area (Å²) in [6.45, 7) is 11.6. The van der Waals surface area contributed by atoms with Crippen molar-refractivity contribution < 1.29 is 9.18 Å². The smallest absolute Gasteiger partial charge is 0.224 e. The minimum absolute atomic E-state index is 0.00163. The van der Waals surface area contributed by atoms with E-state index in [9.17, 15) is 9.18 Å². The van der Waals surface area contributed by atoms with E-state index < -0.39 is 0 Å². The molecule has 1 heterocycles. The number of hydrogen-bond donors (Lipinski definition) is 1. The highest BCUT2D eigenvalue weighted by Crippen LogP contribution is 2.38. The van der Waals surface area contributed by atoms with Gasteiger partial charge >= 0.3 is 0 Å². The van der Waals surface area contributed by atoms with Gasteiger partial charge in [0.05, 0.1) is 10.7 Å². The fourth-order valence-electron chi connectivity index (χ4n) is 3.96. The van der Waals surface area contributed by atoms with E-state index >= 15 is 0 Å². The van der Waals surface area contributed by atoms with Gasteiger partial charge in [-0.15, -0.1) is 0 Å². The second-order valence-electron chi connectivity index (χ2n) is 9.25. The van der Waals surface area contributed by atoms with Crippen LogP contribution in [0, 0.1) is 25.1 Å². The molecule has 1 N–H and O–H groups in total. The van der Waals surface area contributed by atoms with Gasteiger partial charge in [0.1, 0.15) is 5.82 Å². The van der Waals surface area contributed by atoms with Crippen molar-refractivity contribution in [2.24, 2.45) is 5.41 Å². The molecule has 0 aliphatic carbocycles. The molecule has 0 spiro atoms. The maximum atomic E-state index is 13.6. The lowest BCUT2D eigenvalue weighted by Crippen LogP contribution is -2.24. The minimum Gasteiger partial charge on any atom is -0.366 e. The van der Waals surface area contributed by atoms with E-state index in [-0.39, 0.29) is 17.1 Å². The first kappa shape index (κ1) is 21.6. The van der Waals surface area contributed by atoms with Gasteiger partial charge in [-0.25, -0.2) is 4.39 Å². The summed E-state index contributed by atoms with van der Waals surface area (Å²) in [6, 6.07) is 7.09. The molecular formula is C24H30ClFN2O. The number of amides is 1. The lowest BCUT2D eigenvalue weighted by Gasteiger charge is -2.27. The van der Waals surface area contributed by atoms with Gasteiger partial charge in [0.15, 0.2) is 0 Å². The maximum Gasteiger partial charge on any atom is 0.224 e. The van der Waals surface area contributed by atoms with Gasteiger partial charge in [-0.05, 0) is 72.6 Å². The van der Waals surface area contributed by atoms with Crippen LogP contribution in [0.4, 0.5) is 15.8 Å². The van der Waals surface area contributed by atoms with Crippen molar-refractivity contribution in [3.8, 4) is 0 Å². The normalized spacial score (nSPS) is 14.4. The van der Waals surface area contributed by atoms with Crippen LogP contribution in [-0.4, -0.2) is 12.5 Å². The highest BCUT2D eigenvalue weighted by atomic mass is 35.5. The van der Waals surface area contributed by atoms with Crippen LogP contribution in [-0.2, 0) is 17.8 Å². The molecular weight excluding hydrogens is 387 g/mol. The summed E-state index contributed by atoms with van der Waals surface area (Å²) < 4.78 is 13.6. The van der Waals surface area contributed by atoms with E-state index in [1.54, 1.807) is 6.07 Å². The molecule has 0 aromatic heterocycles. The summed E-state index contributed by atoms with van der Waals surface area (Å²) in [7, 11) is 0. The fraction of sp³-hybridized carbons (Fsp3) is 0.458. The molecule has 1 aliphatic rings. The molecule has 3 nitrogen and oxygen atoms in total. The van der Waals surface area contributed by atoms with Crippen molar-refractivity contribution in [2.45, 2.75) is 60.4 Å². The van der Waals surface area contributed by atoms with Crippen molar-refractivity contribution in [3.63, 3.8) is 0 Å². The summed E-state index contributed by atoms with van der Waals surface area (Å²) >= 11 is 6.77. The molecule has 0 atom stereocenters. The van der Waals surface area contributed by atoms with E-state index in [4.69, 9.17) is 11.6 Å². The lowest BCUT2D eigenvalue weighted by atomic mass is 9.92. The third kappa shape index (κ3) is 5.11. The van der Waals surface area contributed by atoms with Crippen LogP contribution < -0.4 is 10.2 Å². The van der Waals surface area contributed by atoms with Crippen LogP contribution >= 0.6 is 11.6 Å². The Balaban J connectivity index is 1.89. The minimum atomic E-state index is -0.183. The number of nitrogens with zero attached hydrogens (tertiary/aromatic N) is 1. The molecule has 5 heteroatoms. The third-order valence-corrected chi connectivity index (χ3v) is 5.85. The zero-order chi connectivity index (χ0) is 21.3. The Hall–Kier alpha value is -2.07. The molecule has 0 bridgehead atoms. The second-order valence-corrected chi connectivity index (χ2v) is 9.63. The molecule has 0 fully saturated rings. The quantitative estimate of drug-likeness (QED) is 0.625. The largest absolute Gasteiger partial charge is 0.366 e. The highest BCUT2D eigenvalue weighted by Gasteiger charge is 2.22. The predicted octanol–water partition coefficient (Wildman–Crippen LogP) is 6.42.